The Morgan fingerprint density at radius 2 is 0.444 bits per heavy atom. The second kappa shape index (κ2) is 32.5. The van der Waals surface area contributed by atoms with Gasteiger partial charge in [0.05, 0.1) is 33.4 Å². The van der Waals surface area contributed by atoms with Crippen LogP contribution in [0.5, 0.6) is 0 Å². The standard InChI is InChI=1S/2C60H40N2S/c1-4-15-41(16-5-1)43-27-29-44(30-28-43)46-33-37-49(38-34-46)61(48-35-31-45(32-36-48)42-17-6-2-7-18-42)57-40-58-54(50-21-10-12-25-56(50)62(58)47-19-8-3-9-20-47)39-55(57)53-24-14-23-52-51-22-11-13-26-59(51)63-60(52)53;1-4-14-41(15-5-1)43-24-26-44(27-25-43)46-30-35-50(36-31-46)61(49-33-28-45(29-34-49)42-16-6-2-7-17-42)57-40-58-55(51-20-10-12-22-56(51)62(58)48-18-8-3-9-19-48)39-54(57)47-32-37-53-52-21-11-13-23-59(52)63-60(53)38-47/h2*1-40H. The Bertz CT molecular complexity index is 8110. The highest BCUT2D eigenvalue weighted by Gasteiger charge is 2.27. The zero-order chi connectivity index (χ0) is 83.4. The zero-order valence-corrected chi connectivity index (χ0v) is 70.4. The molecule has 0 saturated carbocycles. The van der Waals surface area contributed by atoms with E-state index in [1.54, 1.807) is 0 Å². The van der Waals surface area contributed by atoms with Crippen LogP contribution in [0.15, 0.2) is 485 Å². The van der Waals surface area contributed by atoms with E-state index in [0.29, 0.717) is 0 Å². The molecule has 0 bridgehead atoms. The topological polar surface area (TPSA) is 16.3 Å². The van der Waals surface area contributed by atoms with Crippen LogP contribution in [-0.2, 0) is 0 Å². The van der Waals surface area contributed by atoms with Crippen LogP contribution in [0.3, 0.4) is 0 Å². The van der Waals surface area contributed by atoms with Gasteiger partial charge in [-0.15, -0.1) is 22.7 Å². The van der Waals surface area contributed by atoms with E-state index in [-0.39, 0.29) is 0 Å². The molecular formula is C120H80N4S2. The van der Waals surface area contributed by atoms with Gasteiger partial charge in [-0.3, -0.25) is 0 Å². The van der Waals surface area contributed by atoms with Gasteiger partial charge in [0.2, 0.25) is 0 Å². The van der Waals surface area contributed by atoms with Crippen molar-refractivity contribution in [3.05, 3.63) is 485 Å². The van der Waals surface area contributed by atoms with Gasteiger partial charge in [0.15, 0.2) is 0 Å². The Morgan fingerprint density at radius 1 is 0.159 bits per heavy atom. The number of hydrogen-bond donors (Lipinski definition) is 0. The first-order valence-electron chi connectivity index (χ1n) is 43.0. The highest BCUT2D eigenvalue weighted by molar-refractivity contribution is 7.26. The summed E-state index contributed by atoms with van der Waals surface area (Å²) in [6.07, 6.45) is 0. The molecule has 592 valence electrons. The molecule has 0 atom stereocenters. The van der Waals surface area contributed by atoms with E-state index in [1.807, 2.05) is 22.7 Å². The van der Waals surface area contributed by atoms with Crippen molar-refractivity contribution < 1.29 is 0 Å². The molecule has 0 aliphatic carbocycles. The monoisotopic (exact) mass is 1640 g/mol. The van der Waals surface area contributed by atoms with Gasteiger partial charge in [-0.1, -0.05) is 358 Å². The van der Waals surface area contributed by atoms with E-state index >= 15 is 0 Å². The Morgan fingerprint density at radius 3 is 0.841 bits per heavy atom. The Labute approximate surface area is 739 Å². The highest BCUT2D eigenvalue weighted by atomic mass is 32.1. The number of aromatic nitrogens is 2. The highest BCUT2D eigenvalue weighted by Crippen LogP contribution is 2.52. The summed E-state index contributed by atoms with van der Waals surface area (Å²) < 4.78 is 10.0. The third-order valence-electron chi connectivity index (χ3n) is 24.8. The van der Waals surface area contributed by atoms with Crippen LogP contribution in [-0.4, -0.2) is 9.13 Å². The fourth-order valence-corrected chi connectivity index (χ4v) is 21.1. The maximum absolute atomic E-state index is 2.46. The molecule has 0 unspecified atom stereocenters. The number of fused-ring (bicyclic) bond motifs is 12. The number of benzene rings is 20. The van der Waals surface area contributed by atoms with Crippen LogP contribution in [0.1, 0.15) is 0 Å². The maximum Gasteiger partial charge on any atom is 0.0562 e. The van der Waals surface area contributed by atoms with E-state index in [9.17, 15) is 0 Å². The van der Waals surface area contributed by atoms with Gasteiger partial charge in [0.1, 0.15) is 0 Å². The van der Waals surface area contributed by atoms with Gasteiger partial charge in [0.25, 0.3) is 0 Å². The second-order valence-electron chi connectivity index (χ2n) is 32.2. The van der Waals surface area contributed by atoms with Gasteiger partial charge in [-0.25, -0.2) is 0 Å². The molecule has 20 aromatic carbocycles. The molecule has 6 heteroatoms. The summed E-state index contributed by atoms with van der Waals surface area (Å²) in [7, 11) is 0. The summed E-state index contributed by atoms with van der Waals surface area (Å²) in [5.41, 5.74) is 32.6. The van der Waals surface area contributed by atoms with Crippen molar-refractivity contribution in [3.8, 4) is 100 Å². The first-order valence-corrected chi connectivity index (χ1v) is 44.6. The van der Waals surface area contributed by atoms with Crippen molar-refractivity contribution in [1.82, 2.24) is 9.13 Å². The van der Waals surface area contributed by atoms with Crippen molar-refractivity contribution in [2.75, 3.05) is 9.80 Å². The van der Waals surface area contributed by atoms with Crippen LogP contribution in [0.25, 0.3) is 184 Å². The number of hydrogen-bond acceptors (Lipinski definition) is 4. The summed E-state index contributed by atoms with van der Waals surface area (Å²) in [6, 6.07) is 177. The third kappa shape index (κ3) is 13.8. The first kappa shape index (κ1) is 75.0. The van der Waals surface area contributed by atoms with Crippen LogP contribution >= 0.6 is 22.7 Å². The summed E-state index contributed by atoms with van der Waals surface area (Å²) in [6.45, 7) is 0. The minimum Gasteiger partial charge on any atom is -0.310 e. The molecule has 0 N–H and O–H groups in total. The Kier molecular flexibility index (Phi) is 19.3. The lowest BCUT2D eigenvalue weighted by Gasteiger charge is -2.29. The smallest absolute Gasteiger partial charge is 0.0562 e. The van der Waals surface area contributed by atoms with E-state index < -0.39 is 0 Å². The number of nitrogens with zero attached hydrogens (tertiary/aromatic N) is 4. The first-order chi connectivity index (χ1) is 62.5. The van der Waals surface area contributed by atoms with Crippen molar-refractivity contribution >= 4 is 141 Å². The van der Waals surface area contributed by atoms with Gasteiger partial charge in [0, 0.05) is 113 Å². The van der Waals surface area contributed by atoms with Crippen LogP contribution in [0, 0.1) is 0 Å². The van der Waals surface area contributed by atoms with Gasteiger partial charge >= 0.3 is 0 Å². The Hall–Kier alpha value is -16.0. The fourth-order valence-electron chi connectivity index (χ4n) is 18.7. The molecule has 0 fully saturated rings. The molecule has 24 rings (SSSR count). The molecule has 0 spiro atoms. The quantitative estimate of drug-likeness (QED) is 0.0959. The largest absolute Gasteiger partial charge is 0.310 e. The maximum atomic E-state index is 2.46. The third-order valence-corrected chi connectivity index (χ3v) is 27.2. The molecule has 0 saturated heterocycles. The Balaban J connectivity index is 0.000000145. The van der Waals surface area contributed by atoms with Crippen LogP contribution in [0.2, 0.25) is 0 Å². The summed E-state index contributed by atoms with van der Waals surface area (Å²) >= 11 is 3.75. The average molecular weight is 1640 g/mol. The lowest BCUT2D eigenvalue weighted by atomic mass is 9.96. The number of para-hydroxylation sites is 4. The number of rotatable bonds is 16. The fraction of sp³-hybridized carbons (Fsp3) is 0. The molecule has 0 radical (unpaired) electrons. The van der Waals surface area contributed by atoms with Crippen molar-refractivity contribution in [2.45, 2.75) is 0 Å². The zero-order valence-electron chi connectivity index (χ0n) is 68.8. The molecule has 4 heterocycles. The number of thiophene rings is 2. The van der Waals surface area contributed by atoms with Crippen molar-refractivity contribution in [1.29, 1.82) is 0 Å². The van der Waals surface area contributed by atoms with Gasteiger partial charge in [-0.05, 0) is 200 Å². The van der Waals surface area contributed by atoms with Gasteiger partial charge < -0.3 is 18.9 Å². The summed E-state index contributed by atoms with van der Waals surface area (Å²) in [4.78, 5) is 4.92. The van der Waals surface area contributed by atoms with Crippen LogP contribution < -0.4 is 9.80 Å². The minimum atomic E-state index is 1.08. The molecule has 0 amide bonds. The predicted molar refractivity (Wildman–Crippen MR) is 540 cm³/mol. The van der Waals surface area contributed by atoms with Crippen molar-refractivity contribution in [2.24, 2.45) is 0 Å². The lowest BCUT2D eigenvalue weighted by Crippen LogP contribution is -2.11. The van der Waals surface area contributed by atoms with Gasteiger partial charge in [-0.2, -0.15) is 0 Å². The number of anilines is 6. The average Bonchev–Trinajstić information content (AvgIpc) is 1.56. The summed E-state index contributed by atoms with van der Waals surface area (Å²) in [5, 5.41) is 10.1. The van der Waals surface area contributed by atoms with E-state index in [4.69, 9.17) is 0 Å². The molecule has 0 aliphatic rings. The van der Waals surface area contributed by atoms with Crippen molar-refractivity contribution in [3.63, 3.8) is 0 Å². The minimum absolute atomic E-state index is 1.08. The van der Waals surface area contributed by atoms with E-state index in [1.165, 1.54) is 162 Å². The summed E-state index contributed by atoms with van der Waals surface area (Å²) in [5.74, 6) is 0. The molecule has 4 nitrogen and oxygen atoms in total. The normalized spacial score (nSPS) is 11.5. The van der Waals surface area contributed by atoms with Crippen LogP contribution in [0.4, 0.5) is 34.1 Å². The molecular weight excluding hydrogens is 1560 g/mol. The van der Waals surface area contributed by atoms with E-state index in [2.05, 4.69) is 504 Å². The SMILES string of the molecule is c1ccc(-c2ccc(-c3ccc(N(c4ccc(-c5ccccc5)cc4)c4cc5c(cc4-c4ccc6c(c4)sc4ccccc46)c4ccccc4n5-c4ccccc4)cc3)cc2)cc1.c1ccc(-c2ccc(-c3ccc(N(c4ccc(-c5ccccc5)cc4)c4cc5c(cc4-c4cccc6c4sc4ccccc46)c4ccccc4n5-c4ccccc4)cc3)cc2)cc1. The molecule has 24 aromatic rings. The lowest BCUT2D eigenvalue weighted by molar-refractivity contribution is 1.18. The predicted octanol–water partition coefficient (Wildman–Crippen LogP) is 34.6. The molecule has 0 aliphatic heterocycles. The van der Waals surface area contributed by atoms with E-state index in [0.717, 1.165) is 56.5 Å². The molecule has 126 heavy (non-hydrogen) atoms. The molecule has 4 aromatic heterocycles. The second-order valence-corrected chi connectivity index (χ2v) is 34.4.